The lowest BCUT2D eigenvalue weighted by Gasteiger charge is -2.20. The first-order valence-corrected chi connectivity index (χ1v) is 8.96. The van der Waals surface area contributed by atoms with Crippen molar-refractivity contribution >= 4 is 27.3 Å². The monoisotopic (exact) mass is 326 g/mol. The number of benzene rings is 1. The summed E-state index contributed by atoms with van der Waals surface area (Å²) in [7, 11) is -1.88. The molecule has 6 nitrogen and oxygen atoms in total. The maximum atomic E-state index is 12.0. The summed E-state index contributed by atoms with van der Waals surface area (Å²) >= 11 is 0. The second-order valence-corrected chi connectivity index (χ2v) is 7.58. The van der Waals surface area contributed by atoms with Gasteiger partial charge in [-0.05, 0) is 24.5 Å². The molecule has 0 saturated carbocycles. The predicted octanol–water partition coefficient (Wildman–Crippen LogP) is 2.22. The summed E-state index contributed by atoms with van der Waals surface area (Å²) in [6.45, 7) is 4.36. The van der Waals surface area contributed by atoms with Crippen LogP contribution in [0.4, 0.5) is 11.4 Å². The Morgan fingerprint density at radius 3 is 2.64 bits per heavy atom. The SMILES string of the molecule is COc1cc(NS(=O)(=O)CC(C)C)ccc1N1CCCC1=O. The fourth-order valence-electron chi connectivity index (χ4n) is 2.53. The molecule has 0 radical (unpaired) electrons. The molecule has 0 aliphatic carbocycles. The Morgan fingerprint density at radius 1 is 1.36 bits per heavy atom. The van der Waals surface area contributed by atoms with E-state index in [1.807, 2.05) is 13.8 Å². The largest absolute Gasteiger partial charge is 0.494 e. The van der Waals surface area contributed by atoms with Crippen molar-refractivity contribution in [2.45, 2.75) is 26.7 Å². The number of methoxy groups -OCH3 is 1. The summed E-state index contributed by atoms with van der Waals surface area (Å²) in [4.78, 5) is 13.5. The molecule has 1 amide bonds. The van der Waals surface area contributed by atoms with Gasteiger partial charge in [-0.3, -0.25) is 9.52 Å². The minimum atomic E-state index is -3.39. The molecule has 1 aromatic rings. The Balaban J connectivity index is 2.24. The van der Waals surface area contributed by atoms with E-state index in [2.05, 4.69) is 4.72 Å². The fourth-order valence-corrected chi connectivity index (χ4v) is 3.97. The van der Waals surface area contributed by atoms with Gasteiger partial charge in [-0.25, -0.2) is 8.42 Å². The van der Waals surface area contributed by atoms with Crippen molar-refractivity contribution in [1.29, 1.82) is 0 Å². The lowest BCUT2D eigenvalue weighted by molar-refractivity contribution is -0.117. The Labute approximate surface area is 131 Å². The Morgan fingerprint density at radius 2 is 2.09 bits per heavy atom. The van der Waals surface area contributed by atoms with Gasteiger partial charge in [0.25, 0.3) is 0 Å². The Hall–Kier alpha value is -1.76. The van der Waals surface area contributed by atoms with E-state index < -0.39 is 10.0 Å². The number of hydrogen-bond acceptors (Lipinski definition) is 4. The molecule has 7 heteroatoms. The second kappa shape index (κ2) is 6.56. The molecule has 122 valence electrons. The summed E-state index contributed by atoms with van der Waals surface area (Å²) in [6.07, 6.45) is 1.36. The molecule has 0 spiro atoms. The number of nitrogens with one attached hydrogen (secondary N) is 1. The zero-order valence-electron chi connectivity index (χ0n) is 13.1. The summed E-state index contributed by atoms with van der Waals surface area (Å²) < 4.78 is 31.8. The highest BCUT2D eigenvalue weighted by molar-refractivity contribution is 7.92. The zero-order chi connectivity index (χ0) is 16.3. The van der Waals surface area contributed by atoms with Crippen LogP contribution in [0.15, 0.2) is 18.2 Å². The molecule has 0 aromatic heterocycles. The van der Waals surface area contributed by atoms with Crippen molar-refractivity contribution < 1.29 is 17.9 Å². The number of sulfonamides is 1. The van der Waals surface area contributed by atoms with Crippen LogP contribution in [0.1, 0.15) is 26.7 Å². The van der Waals surface area contributed by atoms with Crippen LogP contribution in [0, 0.1) is 5.92 Å². The van der Waals surface area contributed by atoms with Gasteiger partial charge in [0.15, 0.2) is 0 Å². The van der Waals surface area contributed by atoms with E-state index in [-0.39, 0.29) is 17.6 Å². The number of carbonyl (C=O) groups excluding carboxylic acids is 1. The van der Waals surface area contributed by atoms with Gasteiger partial charge in [-0.1, -0.05) is 13.8 Å². The normalized spacial score (nSPS) is 15.5. The minimum Gasteiger partial charge on any atom is -0.494 e. The van der Waals surface area contributed by atoms with Crippen LogP contribution in [0.5, 0.6) is 5.75 Å². The summed E-state index contributed by atoms with van der Waals surface area (Å²) in [5, 5.41) is 0. The smallest absolute Gasteiger partial charge is 0.232 e. The molecular formula is C15H22N2O4S. The average molecular weight is 326 g/mol. The van der Waals surface area contributed by atoms with E-state index in [0.29, 0.717) is 30.1 Å². The average Bonchev–Trinajstić information content (AvgIpc) is 2.82. The first-order chi connectivity index (χ1) is 10.3. The molecule has 1 N–H and O–H groups in total. The molecule has 1 aliphatic heterocycles. The van der Waals surface area contributed by atoms with Gasteiger partial charge in [0.05, 0.1) is 24.2 Å². The van der Waals surface area contributed by atoms with Gasteiger partial charge in [-0.2, -0.15) is 0 Å². The van der Waals surface area contributed by atoms with Crippen molar-refractivity contribution in [3.63, 3.8) is 0 Å². The molecule has 1 fully saturated rings. The number of ether oxygens (including phenoxy) is 1. The summed E-state index contributed by atoms with van der Waals surface area (Å²) in [5.74, 6) is 0.647. The third-order valence-corrected chi connectivity index (χ3v) is 5.02. The highest BCUT2D eigenvalue weighted by atomic mass is 32.2. The molecule has 0 unspecified atom stereocenters. The van der Waals surface area contributed by atoms with Gasteiger partial charge < -0.3 is 9.64 Å². The number of rotatable bonds is 6. The molecule has 0 bridgehead atoms. The molecule has 1 aliphatic rings. The van der Waals surface area contributed by atoms with Crippen molar-refractivity contribution in [1.82, 2.24) is 0 Å². The molecule has 1 saturated heterocycles. The van der Waals surface area contributed by atoms with Crippen molar-refractivity contribution in [3.05, 3.63) is 18.2 Å². The number of nitrogens with zero attached hydrogens (tertiary/aromatic N) is 1. The van der Waals surface area contributed by atoms with Gasteiger partial charge in [0.2, 0.25) is 15.9 Å². The van der Waals surface area contributed by atoms with E-state index in [1.165, 1.54) is 7.11 Å². The van der Waals surface area contributed by atoms with Gasteiger partial charge in [0.1, 0.15) is 5.75 Å². The third kappa shape index (κ3) is 3.91. The van der Waals surface area contributed by atoms with Gasteiger partial charge in [0, 0.05) is 19.0 Å². The zero-order valence-corrected chi connectivity index (χ0v) is 13.9. The third-order valence-electron chi connectivity index (χ3n) is 3.37. The molecule has 1 heterocycles. The predicted molar refractivity (Wildman–Crippen MR) is 86.8 cm³/mol. The highest BCUT2D eigenvalue weighted by Gasteiger charge is 2.25. The minimum absolute atomic E-state index is 0.0425. The Kier molecular flexibility index (Phi) is 4.95. The van der Waals surface area contributed by atoms with Crippen LogP contribution in [0.25, 0.3) is 0 Å². The van der Waals surface area contributed by atoms with E-state index in [0.717, 1.165) is 6.42 Å². The highest BCUT2D eigenvalue weighted by Crippen LogP contribution is 2.34. The van der Waals surface area contributed by atoms with Crippen LogP contribution >= 0.6 is 0 Å². The summed E-state index contributed by atoms with van der Waals surface area (Å²) in [6, 6.07) is 4.98. The number of carbonyl (C=O) groups is 1. The number of anilines is 2. The molecule has 2 rings (SSSR count). The molecule has 22 heavy (non-hydrogen) atoms. The van der Waals surface area contributed by atoms with Crippen LogP contribution < -0.4 is 14.4 Å². The standard InChI is InChI=1S/C15H22N2O4S/c1-11(2)10-22(19,20)16-12-6-7-13(14(9-12)21-3)17-8-4-5-15(17)18/h6-7,9,11,16H,4-5,8,10H2,1-3H3. The number of hydrogen-bond donors (Lipinski definition) is 1. The van der Waals surface area contributed by atoms with Crippen LogP contribution in [-0.4, -0.2) is 33.7 Å². The van der Waals surface area contributed by atoms with Gasteiger partial charge in [-0.15, -0.1) is 0 Å². The quantitative estimate of drug-likeness (QED) is 0.870. The fraction of sp³-hybridized carbons (Fsp3) is 0.533. The van der Waals surface area contributed by atoms with Crippen LogP contribution in [0.2, 0.25) is 0 Å². The first kappa shape index (κ1) is 16.6. The van der Waals surface area contributed by atoms with E-state index in [1.54, 1.807) is 23.1 Å². The number of amides is 1. The lowest BCUT2D eigenvalue weighted by Crippen LogP contribution is -2.24. The van der Waals surface area contributed by atoms with Crippen molar-refractivity contribution in [2.24, 2.45) is 5.92 Å². The topological polar surface area (TPSA) is 75.7 Å². The Bertz CT molecular complexity index is 656. The second-order valence-electron chi connectivity index (χ2n) is 5.81. The maximum absolute atomic E-state index is 12.0. The lowest BCUT2D eigenvalue weighted by atomic mass is 10.2. The van der Waals surface area contributed by atoms with E-state index in [9.17, 15) is 13.2 Å². The van der Waals surface area contributed by atoms with Crippen LogP contribution in [0.3, 0.4) is 0 Å². The maximum Gasteiger partial charge on any atom is 0.232 e. The van der Waals surface area contributed by atoms with Crippen molar-refractivity contribution in [2.75, 3.05) is 29.0 Å². The van der Waals surface area contributed by atoms with E-state index >= 15 is 0 Å². The summed E-state index contributed by atoms with van der Waals surface area (Å²) in [5.41, 5.74) is 1.12. The van der Waals surface area contributed by atoms with E-state index in [4.69, 9.17) is 4.74 Å². The van der Waals surface area contributed by atoms with Gasteiger partial charge >= 0.3 is 0 Å². The van der Waals surface area contributed by atoms with Crippen molar-refractivity contribution in [3.8, 4) is 5.75 Å². The molecule has 1 aromatic carbocycles. The van der Waals surface area contributed by atoms with Crippen LogP contribution in [-0.2, 0) is 14.8 Å². The molecule has 0 atom stereocenters. The first-order valence-electron chi connectivity index (χ1n) is 7.31. The molecular weight excluding hydrogens is 304 g/mol.